The molecule has 11 aromatic carbocycles. The minimum atomic E-state index is -0.306. The number of rotatable bonds is 4. The van der Waals surface area contributed by atoms with E-state index in [0.717, 1.165) is 102 Å². The second-order valence-corrected chi connectivity index (χ2v) is 20.2. The van der Waals surface area contributed by atoms with Crippen LogP contribution in [-0.2, 0) is 0 Å². The number of hydrogen-bond acceptors (Lipinski definition) is 6. The van der Waals surface area contributed by atoms with E-state index < -0.39 is 0 Å². The van der Waals surface area contributed by atoms with Crippen molar-refractivity contribution < 1.29 is 9.47 Å². The van der Waals surface area contributed by atoms with Crippen LogP contribution >= 0.6 is 0 Å². The highest BCUT2D eigenvalue weighted by molar-refractivity contribution is 7.05. The van der Waals surface area contributed by atoms with Crippen molar-refractivity contribution in [3.63, 3.8) is 0 Å². The van der Waals surface area contributed by atoms with Crippen LogP contribution in [0.3, 0.4) is 0 Å². The van der Waals surface area contributed by atoms with Crippen molar-refractivity contribution in [2.75, 3.05) is 19.6 Å². The van der Waals surface area contributed by atoms with E-state index >= 15 is 0 Å². The lowest BCUT2D eigenvalue weighted by molar-refractivity contribution is 0.490. The average Bonchev–Trinajstić information content (AvgIpc) is 3.58. The van der Waals surface area contributed by atoms with Gasteiger partial charge < -0.3 is 29.1 Å². The number of fused-ring (bicyclic) bond motifs is 14. The first-order valence-electron chi connectivity index (χ1n) is 25.9. The van der Waals surface area contributed by atoms with Gasteiger partial charge in [-0.1, -0.05) is 140 Å². The molecule has 0 atom stereocenters. The molecule has 0 saturated heterocycles. The summed E-state index contributed by atoms with van der Waals surface area (Å²) in [7, 11) is 0. The summed E-state index contributed by atoms with van der Waals surface area (Å²) in [6, 6.07) is 90.5. The Balaban J connectivity index is 0.964. The molecule has 17 rings (SSSR count). The minimum absolute atomic E-state index is 0.0929. The Morgan fingerprint density at radius 3 is 0.920 bits per heavy atom. The van der Waals surface area contributed by atoms with Gasteiger partial charge >= 0.3 is 0 Å². The second-order valence-electron chi connectivity index (χ2n) is 20.2. The SMILES string of the molecule is c1ccc(N2c3ccccc3B3c4ccc5c(c4Oc4cccc2c43)B2c3c(cccc3N(c3ccccc3)c3ccc4c(c32)Oc2cccc3c2B4c2ccccc2N3c2ccccc2)N5c2ccccc2)cc1. The first-order chi connectivity index (χ1) is 37.3. The largest absolute Gasteiger partial charge is 0.459 e. The normalized spacial score (nSPS) is 14.2. The Morgan fingerprint density at radius 2 is 0.520 bits per heavy atom. The summed E-state index contributed by atoms with van der Waals surface area (Å²) in [5, 5.41) is 0. The van der Waals surface area contributed by atoms with Gasteiger partial charge in [0.1, 0.15) is 23.0 Å². The quantitative estimate of drug-likeness (QED) is 0.163. The van der Waals surface area contributed by atoms with Crippen molar-refractivity contribution >= 4 is 138 Å². The third-order valence-corrected chi connectivity index (χ3v) is 16.5. The molecule has 6 aliphatic heterocycles. The molecular weight excluding hydrogens is 913 g/mol. The van der Waals surface area contributed by atoms with Crippen LogP contribution in [0.4, 0.5) is 68.2 Å². The van der Waals surface area contributed by atoms with Gasteiger partial charge in [-0.15, -0.1) is 0 Å². The molecule has 75 heavy (non-hydrogen) atoms. The summed E-state index contributed by atoms with van der Waals surface area (Å²) in [6.07, 6.45) is 0. The maximum atomic E-state index is 7.70. The third-order valence-electron chi connectivity index (χ3n) is 16.5. The predicted molar refractivity (Wildman–Crippen MR) is 312 cm³/mol. The van der Waals surface area contributed by atoms with E-state index in [1.54, 1.807) is 0 Å². The molecular formula is C66H41B3N4O2. The van der Waals surface area contributed by atoms with Crippen LogP contribution in [0.5, 0.6) is 23.0 Å². The van der Waals surface area contributed by atoms with Gasteiger partial charge in [-0.3, -0.25) is 0 Å². The summed E-state index contributed by atoms with van der Waals surface area (Å²) in [5.41, 5.74) is 24.0. The van der Waals surface area contributed by atoms with Crippen LogP contribution in [0.25, 0.3) is 0 Å². The van der Waals surface area contributed by atoms with Crippen molar-refractivity contribution in [2.24, 2.45) is 0 Å². The van der Waals surface area contributed by atoms with Gasteiger partial charge in [0.25, 0.3) is 20.1 Å². The molecule has 9 heteroatoms. The number of benzene rings is 11. The zero-order valence-electron chi connectivity index (χ0n) is 40.5. The Hall–Kier alpha value is -9.59. The zero-order chi connectivity index (χ0) is 48.9. The van der Waals surface area contributed by atoms with Crippen molar-refractivity contribution in [2.45, 2.75) is 0 Å². The number of nitrogens with zero attached hydrogens (tertiary/aromatic N) is 4. The van der Waals surface area contributed by atoms with Crippen molar-refractivity contribution in [3.05, 3.63) is 249 Å². The number of hydrogen-bond donors (Lipinski definition) is 0. The highest BCUT2D eigenvalue weighted by atomic mass is 16.5. The number of ether oxygens (including phenoxy) is 2. The van der Waals surface area contributed by atoms with Gasteiger partial charge in [-0.2, -0.15) is 0 Å². The average molecular weight is 955 g/mol. The summed E-state index contributed by atoms with van der Waals surface area (Å²) in [4.78, 5) is 9.74. The Bertz CT molecular complexity index is 3930. The molecule has 6 heterocycles. The fraction of sp³-hybridized carbons (Fsp3) is 0. The van der Waals surface area contributed by atoms with Gasteiger partial charge in [0.05, 0.1) is 0 Å². The molecule has 6 aliphatic rings. The Morgan fingerprint density at radius 1 is 0.213 bits per heavy atom. The first kappa shape index (κ1) is 40.9. The molecule has 0 saturated carbocycles. The first-order valence-corrected chi connectivity index (χ1v) is 25.9. The molecule has 0 aliphatic carbocycles. The topological polar surface area (TPSA) is 31.4 Å². The van der Waals surface area contributed by atoms with Crippen molar-refractivity contribution in [3.8, 4) is 23.0 Å². The van der Waals surface area contributed by atoms with E-state index in [0.29, 0.717) is 0 Å². The Kier molecular flexibility index (Phi) is 8.44. The fourth-order valence-corrected chi connectivity index (χ4v) is 13.7. The van der Waals surface area contributed by atoms with Crippen LogP contribution in [-0.4, -0.2) is 20.1 Å². The summed E-state index contributed by atoms with van der Waals surface area (Å²) < 4.78 is 15.4. The van der Waals surface area contributed by atoms with E-state index in [1.807, 2.05) is 0 Å². The third kappa shape index (κ3) is 5.56. The molecule has 0 unspecified atom stereocenters. The van der Waals surface area contributed by atoms with Crippen LogP contribution in [0.1, 0.15) is 0 Å². The molecule has 11 aromatic rings. The van der Waals surface area contributed by atoms with Crippen LogP contribution in [0.2, 0.25) is 0 Å². The van der Waals surface area contributed by atoms with E-state index in [-0.39, 0.29) is 20.1 Å². The molecule has 0 radical (unpaired) electrons. The van der Waals surface area contributed by atoms with Gasteiger partial charge in [-0.25, -0.2) is 0 Å². The molecule has 346 valence electrons. The van der Waals surface area contributed by atoms with Crippen molar-refractivity contribution in [1.29, 1.82) is 0 Å². The van der Waals surface area contributed by atoms with E-state index in [1.165, 1.54) is 38.7 Å². The summed E-state index contributed by atoms with van der Waals surface area (Å²) in [6.45, 7) is -0.492. The van der Waals surface area contributed by atoms with Gasteiger partial charge in [-0.05, 0) is 158 Å². The van der Waals surface area contributed by atoms with Gasteiger partial charge in [0.2, 0.25) is 0 Å². The molecule has 0 bridgehead atoms. The molecule has 6 nitrogen and oxygen atoms in total. The van der Waals surface area contributed by atoms with Gasteiger partial charge in [0.15, 0.2) is 0 Å². The zero-order valence-corrected chi connectivity index (χ0v) is 40.5. The summed E-state index contributed by atoms with van der Waals surface area (Å²) >= 11 is 0. The smallest absolute Gasteiger partial charge is 0.261 e. The molecule has 0 spiro atoms. The number of para-hydroxylation sites is 6. The Labute approximate surface area is 436 Å². The lowest BCUT2D eigenvalue weighted by Gasteiger charge is -2.47. The maximum absolute atomic E-state index is 7.70. The monoisotopic (exact) mass is 954 g/mol. The summed E-state index contributed by atoms with van der Waals surface area (Å²) in [5.74, 6) is 3.54. The highest BCUT2D eigenvalue weighted by Gasteiger charge is 2.52. The maximum Gasteiger partial charge on any atom is 0.261 e. The fourth-order valence-electron chi connectivity index (χ4n) is 13.7. The van der Waals surface area contributed by atoms with Crippen LogP contribution < -0.4 is 78.2 Å². The van der Waals surface area contributed by atoms with E-state index in [4.69, 9.17) is 9.47 Å². The predicted octanol–water partition coefficient (Wildman–Crippen LogP) is 10.6. The van der Waals surface area contributed by atoms with E-state index in [9.17, 15) is 0 Å². The molecule has 0 aromatic heterocycles. The molecule has 0 N–H and O–H groups in total. The lowest BCUT2D eigenvalue weighted by Crippen LogP contribution is -2.67. The van der Waals surface area contributed by atoms with Crippen molar-refractivity contribution in [1.82, 2.24) is 0 Å². The van der Waals surface area contributed by atoms with Gasteiger partial charge in [0, 0.05) is 68.2 Å². The van der Waals surface area contributed by atoms with Crippen LogP contribution in [0, 0.1) is 0 Å². The lowest BCUT2D eigenvalue weighted by atomic mass is 9.28. The highest BCUT2D eigenvalue weighted by Crippen LogP contribution is 2.49. The van der Waals surface area contributed by atoms with E-state index in [2.05, 4.69) is 268 Å². The molecule has 0 amide bonds. The second kappa shape index (κ2) is 15.5. The standard InChI is InChI=1S/C66H41B3N4O2/c1-5-20-42(21-6-1)70-50-30-15-13-28-46(50)67-48-38-40-56-63(65(48)74-58-36-18-34-54(70)61(58)67)69-60-52(72(56)44-24-9-3-10-25-44)32-17-33-53(60)73(45-26-11-4-12-27-45)57-41-39-49-66(64(57)69)75-59-37-19-35-55-62(59)68(49)47-29-14-16-31-51(47)71(55)43-22-7-2-8-23-43/h1-41H. The number of anilines is 12. The minimum Gasteiger partial charge on any atom is -0.459 e. The van der Waals surface area contributed by atoms with Crippen LogP contribution in [0.15, 0.2) is 249 Å². The molecule has 0 fully saturated rings.